The van der Waals surface area contributed by atoms with Crippen molar-refractivity contribution in [1.82, 2.24) is 10.6 Å². The Balaban J connectivity index is 1.71. The maximum atomic E-state index is 12.0. The first-order valence-corrected chi connectivity index (χ1v) is 8.24. The maximum Gasteiger partial charge on any atom is 0.261 e. The molecule has 5 nitrogen and oxygen atoms in total. The predicted octanol–water partition coefficient (Wildman–Crippen LogP) is 1.53. The number of amides is 2. The van der Waals surface area contributed by atoms with Crippen molar-refractivity contribution in [3.63, 3.8) is 0 Å². The molecule has 0 bridgehead atoms. The highest BCUT2D eigenvalue weighted by Gasteiger charge is 2.21. The summed E-state index contributed by atoms with van der Waals surface area (Å²) in [5, 5.41) is 16.9. The second-order valence-electron chi connectivity index (χ2n) is 5.59. The van der Waals surface area contributed by atoms with E-state index in [1.54, 1.807) is 13.0 Å². The van der Waals surface area contributed by atoms with E-state index in [4.69, 9.17) is 0 Å². The van der Waals surface area contributed by atoms with Crippen LogP contribution >= 0.6 is 11.3 Å². The third-order valence-corrected chi connectivity index (χ3v) is 4.74. The minimum atomic E-state index is -0.547. The van der Waals surface area contributed by atoms with Crippen LogP contribution in [-0.4, -0.2) is 35.6 Å². The molecule has 6 heteroatoms. The second kappa shape index (κ2) is 7.56. The molecule has 0 radical (unpaired) electrons. The topological polar surface area (TPSA) is 78.4 Å². The summed E-state index contributed by atoms with van der Waals surface area (Å²) in [4.78, 5) is 24.4. The lowest BCUT2D eigenvalue weighted by atomic mass is 9.87. The molecular weight excluding hydrogens is 288 g/mol. The second-order valence-corrected chi connectivity index (χ2v) is 6.54. The van der Waals surface area contributed by atoms with Crippen LogP contribution in [0.25, 0.3) is 0 Å². The molecule has 1 heterocycles. The van der Waals surface area contributed by atoms with Crippen LogP contribution in [0.4, 0.5) is 0 Å². The molecule has 2 rings (SSSR count). The summed E-state index contributed by atoms with van der Waals surface area (Å²) in [6, 6.07) is 2.99. The van der Waals surface area contributed by atoms with Crippen molar-refractivity contribution in [2.24, 2.45) is 5.92 Å². The molecule has 116 valence electrons. The van der Waals surface area contributed by atoms with Gasteiger partial charge in [0.2, 0.25) is 5.91 Å². The molecular formula is C15H22N2O3S. The first-order valence-electron chi connectivity index (χ1n) is 7.36. The highest BCUT2D eigenvalue weighted by atomic mass is 32.1. The Bertz CT molecular complexity index is 467. The standard InChI is InChI=1S/C15H22N2O3S/c1-10(17-15(20)13-3-2-8-21-13)14(19)16-9-11-4-6-12(18)7-5-11/h2-3,8,10-12,18H,4-7,9H2,1H3,(H,16,19)(H,17,20). The summed E-state index contributed by atoms with van der Waals surface area (Å²) in [6.07, 6.45) is 3.33. The van der Waals surface area contributed by atoms with E-state index in [1.807, 2.05) is 11.4 Å². The number of hydrogen-bond acceptors (Lipinski definition) is 4. The Morgan fingerprint density at radius 2 is 2.10 bits per heavy atom. The highest BCUT2D eigenvalue weighted by molar-refractivity contribution is 7.12. The van der Waals surface area contributed by atoms with Gasteiger partial charge in [-0.15, -0.1) is 11.3 Å². The van der Waals surface area contributed by atoms with Crippen molar-refractivity contribution >= 4 is 23.2 Å². The quantitative estimate of drug-likeness (QED) is 0.772. The van der Waals surface area contributed by atoms with Crippen LogP contribution in [0.3, 0.4) is 0 Å². The molecule has 1 unspecified atom stereocenters. The smallest absolute Gasteiger partial charge is 0.261 e. The molecule has 1 fully saturated rings. The fourth-order valence-electron chi connectivity index (χ4n) is 2.49. The number of nitrogens with one attached hydrogen (secondary N) is 2. The summed E-state index contributed by atoms with van der Waals surface area (Å²) in [7, 11) is 0. The van der Waals surface area contributed by atoms with E-state index < -0.39 is 6.04 Å². The molecule has 1 aliphatic carbocycles. The molecule has 3 N–H and O–H groups in total. The van der Waals surface area contributed by atoms with Crippen molar-refractivity contribution in [1.29, 1.82) is 0 Å². The van der Waals surface area contributed by atoms with Gasteiger partial charge >= 0.3 is 0 Å². The summed E-state index contributed by atoms with van der Waals surface area (Å²) in [5.41, 5.74) is 0. The Kier molecular flexibility index (Phi) is 5.76. The van der Waals surface area contributed by atoms with E-state index in [0.717, 1.165) is 25.7 Å². The van der Waals surface area contributed by atoms with Crippen LogP contribution in [-0.2, 0) is 4.79 Å². The number of aliphatic hydroxyl groups is 1. The predicted molar refractivity (Wildman–Crippen MR) is 82.2 cm³/mol. The monoisotopic (exact) mass is 310 g/mol. The summed E-state index contributed by atoms with van der Waals surface area (Å²) >= 11 is 1.35. The van der Waals surface area contributed by atoms with Gasteiger partial charge in [-0.05, 0) is 50.0 Å². The third-order valence-electron chi connectivity index (χ3n) is 3.87. The van der Waals surface area contributed by atoms with Gasteiger partial charge in [-0.3, -0.25) is 9.59 Å². The van der Waals surface area contributed by atoms with E-state index in [0.29, 0.717) is 17.3 Å². The minimum Gasteiger partial charge on any atom is -0.393 e. The first-order chi connectivity index (χ1) is 10.1. The summed E-state index contributed by atoms with van der Waals surface area (Å²) < 4.78 is 0. The fraction of sp³-hybridized carbons (Fsp3) is 0.600. The van der Waals surface area contributed by atoms with E-state index in [1.165, 1.54) is 11.3 Å². The zero-order valence-corrected chi connectivity index (χ0v) is 13.0. The zero-order chi connectivity index (χ0) is 15.2. The normalized spacial score (nSPS) is 23.3. The minimum absolute atomic E-state index is 0.161. The molecule has 1 aromatic rings. The molecule has 0 spiro atoms. The van der Waals surface area contributed by atoms with Gasteiger partial charge in [0.1, 0.15) is 6.04 Å². The van der Waals surface area contributed by atoms with Gasteiger partial charge < -0.3 is 15.7 Å². The van der Waals surface area contributed by atoms with Crippen LogP contribution in [0.15, 0.2) is 17.5 Å². The molecule has 0 saturated heterocycles. The van der Waals surface area contributed by atoms with Crippen LogP contribution in [0.2, 0.25) is 0 Å². The highest BCUT2D eigenvalue weighted by Crippen LogP contribution is 2.23. The molecule has 1 atom stereocenters. The van der Waals surface area contributed by atoms with Gasteiger partial charge in [0.05, 0.1) is 11.0 Å². The largest absolute Gasteiger partial charge is 0.393 e. The Hall–Kier alpha value is -1.40. The SMILES string of the molecule is CC(NC(=O)c1cccs1)C(=O)NCC1CCC(O)CC1. The van der Waals surface area contributed by atoms with E-state index in [9.17, 15) is 14.7 Å². The Morgan fingerprint density at radius 1 is 1.38 bits per heavy atom. The molecule has 21 heavy (non-hydrogen) atoms. The van der Waals surface area contributed by atoms with Gasteiger partial charge in [0.15, 0.2) is 0 Å². The number of thiophene rings is 1. The van der Waals surface area contributed by atoms with Gasteiger partial charge in [0, 0.05) is 6.54 Å². The first kappa shape index (κ1) is 16.0. The maximum absolute atomic E-state index is 12.0. The average molecular weight is 310 g/mol. The zero-order valence-electron chi connectivity index (χ0n) is 12.2. The summed E-state index contributed by atoms with van der Waals surface area (Å²) in [5.74, 6) is 0.0528. The van der Waals surface area contributed by atoms with Gasteiger partial charge in [-0.1, -0.05) is 6.07 Å². The molecule has 2 amide bonds. The van der Waals surface area contributed by atoms with Crippen LogP contribution in [0.5, 0.6) is 0 Å². The lowest BCUT2D eigenvalue weighted by Gasteiger charge is -2.26. The molecule has 1 aliphatic rings. The van der Waals surface area contributed by atoms with Crippen LogP contribution in [0, 0.1) is 5.92 Å². The Labute approximate surface area is 128 Å². The molecule has 1 aromatic heterocycles. The van der Waals surface area contributed by atoms with Gasteiger partial charge in [-0.2, -0.15) is 0 Å². The van der Waals surface area contributed by atoms with Crippen molar-refractivity contribution in [2.75, 3.05) is 6.54 Å². The molecule has 0 aliphatic heterocycles. The van der Waals surface area contributed by atoms with E-state index in [2.05, 4.69) is 10.6 Å². The number of aliphatic hydroxyl groups excluding tert-OH is 1. The van der Waals surface area contributed by atoms with Crippen molar-refractivity contribution in [3.8, 4) is 0 Å². The van der Waals surface area contributed by atoms with Gasteiger partial charge in [-0.25, -0.2) is 0 Å². The number of hydrogen-bond donors (Lipinski definition) is 3. The summed E-state index contributed by atoms with van der Waals surface area (Å²) in [6.45, 7) is 2.30. The van der Waals surface area contributed by atoms with Crippen molar-refractivity contribution in [2.45, 2.75) is 44.8 Å². The van der Waals surface area contributed by atoms with Crippen LogP contribution in [0.1, 0.15) is 42.3 Å². The number of carbonyl (C=O) groups is 2. The van der Waals surface area contributed by atoms with Crippen molar-refractivity contribution < 1.29 is 14.7 Å². The van der Waals surface area contributed by atoms with E-state index in [-0.39, 0.29) is 17.9 Å². The Morgan fingerprint density at radius 3 is 2.71 bits per heavy atom. The fourth-order valence-corrected chi connectivity index (χ4v) is 3.11. The lowest BCUT2D eigenvalue weighted by molar-refractivity contribution is -0.122. The van der Waals surface area contributed by atoms with Gasteiger partial charge in [0.25, 0.3) is 5.91 Å². The van der Waals surface area contributed by atoms with E-state index >= 15 is 0 Å². The average Bonchev–Trinajstić information content (AvgIpc) is 3.00. The number of rotatable bonds is 5. The molecule has 0 aromatic carbocycles. The lowest BCUT2D eigenvalue weighted by Crippen LogP contribution is -2.46. The number of carbonyl (C=O) groups excluding carboxylic acids is 2. The third kappa shape index (κ3) is 4.82. The molecule has 1 saturated carbocycles. The van der Waals surface area contributed by atoms with Crippen LogP contribution < -0.4 is 10.6 Å². The van der Waals surface area contributed by atoms with Crippen molar-refractivity contribution in [3.05, 3.63) is 22.4 Å².